The lowest BCUT2D eigenvalue weighted by Crippen LogP contribution is -2.27. The number of benzene rings is 2. The van der Waals surface area contributed by atoms with Crippen molar-refractivity contribution in [1.82, 2.24) is 19.2 Å². The number of halogens is 1. The highest BCUT2D eigenvalue weighted by molar-refractivity contribution is 7.89. The van der Waals surface area contributed by atoms with Crippen molar-refractivity contribution in [3.63, 3.8) is 0 Å². The van der Waals surface area contributed by atoms with Gasteiger partial charge in [-0.15, -0.1) is 0 Å². The monoisotopic (exact) mass is 446 g/mol. The molecule has 9 heteroatoms. The molecule has 0 aliphatic rings. The molecule has 1 aromatic heterocycles. The Labute approximate surface area is 181 Å². The van der Waals surface area contributed by atoms with E-state index in [9.17, 15) is 17.6 Å². The average Bonchev–Trinajstić information content (AvgIpc) is 3.09. The van der Waals surface area contributed by atoms with Gasteiger partial charge in [-0.05, 0) is 49.7 Å². The molecule has 0 saturated carbocycles. The molecule has 0 aliphatic carbocycles. The van der Waals surface area contributed by atoms with Gasteiger partial charge in [0.25, 0.3) is 0 Å². The number of hydrogen-bond acceptors (Lipinski definition) is 4. The lowest BCUT2D eigenvalue weighted by atomic mass is 10.1. The van der Waals surface area contributed by atoms with Gasteiger partial charge in [0, 0.05) is 33.5 Å². The molecule has 0 saturated heterocycles. The highest BCUT2D eigenvalue weighted by Crippen LogP contribution is 2.23. The first kappa shape index (κ1) is 22.9. The summed E-state index contributed by atoms with van der Waals surface area (Å²) >= 11 is 0. The van der Waals surface area contributed by atoms with Crippen LogP contribution < -0.4 is 5.32 Å². The van der Waals surface area contributed by atoms with E-state index in [0.29, 0.717) is 18.5 Å². The summed E-state index contributed by atoms with van der Waals surface area (Å²) in [6.45, 7) is 4.48. The zero-order chi connectivity index (χ0) is 22.8. The van der Waals surface area contributed by atoms with Crippen LogP contribution in [0.2, 0.25) is 0 Å². The summed E-state index contributed by atoms with van der Waals surface area (Å²) < 4.78 is 41.0. The summed E-state index contributed by atoms with van der Waals surface area (Å²) in [5.74, 6) is 0.270. The van der Waals surface area contributed by atoms with Gasteiger partial charge >= 0.3 is 0 Å². The topological polar surface area (TPSA) is 84.3 Å². The van der Waals surface area contributed by atoms with Crippen LogP contribution in [0.5, 0.6) is 0 Å². The Hall–Kier alpha value is -2.78. The average molecular weight is 447 g/mol. The molecule has 1 unspecified atom stereocenters. The fourth-order valence-electron chi connectivity index (χ4n) is 3.45. The van der Waals surface area contributed by atoms with Crippen molar-refractivity contribution in [2.75, 3.05) is 14.1 Å². The maximum atomic E-state index is 13.1. The summed E-state index contributed by atoms with van der Waals surface area (Å²) in [6.07, 6.45) is 0.651. The molecule has 0 fully saturated rings. The third kappa shape index (κ3) is 4.94. The fraction of sp³-hybridized carbons (Fsp3) is 0.364. The van der Waals surface area contributed by atoms with Crippen molar-refractivity contribution >= 4 is 27.0 Å². The maximum absolute atomic E-state index is 13.1. The van der Waals surface area contributed by atoms with Gasteiger partial charge in [-0.25, -0.2) is 22.1 Å². The molecule has 0 spiro atoms. The molecule has 166 valence electrons. The smallest absolute Gasteiger partial charge is 0.242 e. The number of nitrogens with zero attached hydrogens (tertiary/aromatic N) is 3. The van der Waals surface area contributed by atoms with E-state index in [2.05, 4.69) is 10.3 Å². The summed E-state index contributed by atoms with van der Waals surface area (Å²) in [5.41, 5.74) is 2.24. The number of aromatic nitrogens is 2. The van der Waals surface area contributed by atoms with E-state index in [4.69, 9.17) is 0 Å². The quantitative estimate of drug-likeness (QED) is 0.576. The number of fused-ring (bicyclic) bond motifs is 1. The maximum Gasteiger partial charge on any atom is 0.242 e. The number of hydrogen-bond donors (Lipinski definition) is 1. The molecule has 1 N–H and O–H groups in total. The molecular weight excluding hydrogens is 419 g/mol. The number of sulfonamides is 1. The molecule has 0 bridgehead atoms. The van der Waals surface area contributed by atoms with Crippen LogP contribution >= 0.6 is 0 Å². The zero-order valence-corrected chi connectivity index (χ0v) is 18.9. The minimum atomic E-state index is -3.55. The van der Waals surface area contributed by atoms with Crippen LogP contribution in [0.1, 0.15) is 37.7 Å². The van der Waals surface area contributed by atoms with Gasteiger partial charge in [-0.2, -0.15) is 0 Å². The van der Waals surface area contributed by atoms with Gasteiger partial charge in [0.2, 0.25) is 15.9 Å². The van der Waals surface area contributed by atoms with Crippen molar-refractivity contribution in [2.45, 2.75) is 44.2 Å². The first-order valence-electron chi connectivity index (χ1n) is 10.1. The largest absolute Gasteiger partial charge is 0.350 e. The first-order chi connectivity index (χ1) is 14.6. The number of carbonyl (C=O) groups is 1. The number of aryl methyl sites for hydroxylation is 2. The number of nitrogens with one attached hydrogen (secondary N) is 1. The molecule has 7 nitrogen and oxygen atoms in total. The Morgan fingerprint density at radius 2 is 1.87 bits per heavy atom. The Morgan fingerprint density at radius 1 is 1.19 bits per heavy atom. The van der Waals surface area contributed by atoms with E-state index in [0.717, 1.165) is 16.9 Å². The molecule has 1 atom stereocenters. The lowest BCUT2D eigenvalue weighted by molar-refractivity contribution is -0.121. The van der Waals surface area contributed by atoms with Crippen LogP contribution in [0.3, 0.4) is 0 Å². The van der Waals surface area contributed by atoms with Crippen molar-refractivity contribution in [2.24, 2.45) is 0 Å². The van der Waals surface area contributed by atoms with E-state index in [1.165, 1.54) is 30.5 Å². The van der Waals surface area contributed by atoms with Gasteiger partial charge in [0.15, 0.2) is 0 Å². The second-order valence-corrected chi connectivity index (χ2v) is 9.70. The predicted octanol–water partition coefficient (Wildman–Crippen LogP) is 3.26. The fourth-order valence-corrected chi connectivity index (χ4v) is 4.37. The predicted molar refractivity (Wildman–Crippen MR) is 118 cm³/mol. The highest BCUT2D eigenvalue weighted by atomic mass is 32.2. The summed E-state index contributed by atoms with van der Waals surface area (Å²) in [5, 5.41) is 2.92. The third-order valence-electron chi connectivity index (χ3n) is 5.22. The molecule has 2 aromatic carbocycles. The summed E-state index contributed by atoms with van der Waals surface area (Å²) in [6, 6.07) is 10.7. The molecule has 0 aliphatic heterocycles. The van der Waals surface area contributed by atoms with E-state index < -0.39 is 10.0 Å². The molecule has 31 heavy (non-hydrogen) atoms. The molecule has 3 rings (SSSR count). The van der Waals surface area contributed by atoms with Crippen molar-refractivity contribution in [3.8, 4) is 0 Å². The van der Waals surface area contributed by atoms with Crippen molar-refractivity contribution in [3.05, 3.63) is 59.7 Å². The molecule has 1 amide bonds. The van der Waals surface area contributed by atoms with E-state index in [1.54, 1.807) is 30.3 Å². The SMILES string of the molecule is CCn1c(CCC(=O)NC(C)c2ccc(F)cc2)nc2cc(S(=O)(=O)N(C)C)ccc21. The Balaban J connectivity index is 1.74. The van der Waals surface area contributed by atoms with E-state index >= 15 is 0 Å². The highest BCUT2D eigenvalue weighted by Gasteiger charge is 2.20. The van der Waals surface area contributed by atoms with Gasteiger partial charge in [-0.3, -0.25) is 4.79 Å². The Kier molecular flexibility index (Phi) is 6.76. The van der Waals surface area contributed by atoms with Gasteiger partial charge in [-0.1, -0.05) is 12.1 Å². The number of rotatable bonds is 8. The summed E-state index contributed by atoms with van der Waals surface area (Å²) in [7, 11) is -0.576. The van der Waals surface area contributed by atoms with Crippen LogP contribution in [0.25, 0.3) is 11.0 Å². The van der Waals surface area contributed by atoms with Crippen LogP contribution in [0.15, 0.2) is 47.4 Å². The van der Waals surface area contributed by atoms with E-state index in [-0.39, 0.29) is 29.1 Å². The lowest BCUT2D eigenvalue weighted by Gasteiger charge is -2.14. The second kappa shape index (κ2) is 9.15. The Morgan fingerprint density at radius 3 is 2.48 bits per heavy atom. The summed E-state index contributed by atoms with van der Waals surface area (Å²) in [4.78, 5) is 17.2. The number of imidazole rings is 1. The van der Waals surface area contributed by atoms with Crippen LogP contribution in [0.4, 0.5) is 4.39 Å². The van der Waals surface area contributed by atoms with Crippen LogP contribution in [0, 0.1) is 5.82 Å². The van der Waals surface area contributed by atoms with Crippen molar-refractivity contribution < 1.29 is 17.6 Å². The van der Waals surface area contributed by atoms with Gasteiger partial charge < -0.3 is 9.88 Å². The molecular formula is C22H27FN4O3S. The number of amides is 1. The number of carbonyl (C=O) groups excluding carboxylic acids is 1. The second-order valence-electron chi connectivity index (χ2n) is 7.55. The zero-order valence-electron chi connectivity index (χ0n) is 18.1. The molecule has 3 aromatic rings. The third-order valence-corrected chi connectivity index (χ3v) is 7.03. The van der Waals surface area contributed by atoms with Gasteiger partial charge in [0.1, 0.15) is 11.6 Å². The molecule has 1 heterocycles. The Bertz CT molecular complexity index is 1190. The van der Waals surface area contributed by atoms with Gasteiger partial charge in [0.05, 0.1) is 22.0 Å². The van der Waals surface area contributed by atoms with E-state index in [1.807, 2.05) is 18.4 Å². The standard InChI is InChI=1S/C22H27FN4O3S/c1-5-27-20-11-10-18(31(29,30)26(3)4)14-19(20)25-21(27)12-13-22(28)24-15(2)16-6-8-17(23)9-7-16/h6-11,14-15H,5,12-13H2,1-4H3,(H,24,28). The minimum absolute atomic E-state index is 0.137. The minimum Gasteiger partial charge on any atom is -0.350 e. The van der Waals surface area contributed by atoms with Crippen LogP contribution in [-0.4, -0.2) is 42.3 Å². The first-order valence-corrected chi connectivity index (χ1v) is 11.5. The van der Waals surface area contributed by atoms with Crippen molar-refractivity contribution in [1.29, 1.82) is 0 Å². The van der Waals surface area contributed by atoms with Crippen LogP contribution in [-0.2, 0) is 27.8 Å². The molecule has 0 radical (unpaired) electrons. The normalized spacial score (nSPS) is 13.0.